The van der Waals surface area contributed by atoms with E-state index >= 15 is 0 Å². The molecule has 0 amide bonds. The molecule has 2 aromatic rings. The summed E-state index contributed by atoms with van der Waals surface area (Å²) in [5, 5.41) is 3.54. The molecule has 0 aromatic heterocycles. The largest absolute Gasteiger partial charge is 0.315 e. The Labute approximate surface area is 131 Å². The Morgan fingerprint density at radius 2 is 2.00 bits per heavy atom. The van der Waals surface area contributed by atoms with Crippen molar-refractivity contribution in [3.05, 3.63) is 68.9 Å². The molecule has 0 aliphatic carbocycles. The number of halogens is 3. The molecule has 0 bridgehead atoms. The summed E-state index contributed by atoms with van der Waals surface area (Å²) in [4.78, 5) is 0. The SMILES string of the molecule is Fc1ccc(CC2(c3cccc(Br)c3)CNC2)cc1Cl. The van der Waals surface area contributed by atoms with Crippen molar-refractivity contribution in [1.29, 1.82) is 0 Å². The molecular formula is C16H14BrClFN. The molecule has 0 saturated carbocycles. The zero-order valence-corrected chi connectivity index (χ0v) is 13.1. The lowest BCUT2D eigenvalue weighted by atomic mass is 9.71. The van der Waals surface area contributed by atoms with Crippen molar-refractivity contribution in [3.8, 4) is 0 Å². The number of hydrogen-bond donors (Lipinski definition) is 1. The third-order valence-electron chi connectivity index (χ3n) is 3.89. The van der Waals surface area contributed by atoms with Gasteiger partial charge in [-0.25, -0.2) is 4.39 Å². The number of rotatable bonds is 3. The normalized spacial score (nSPS) is 16.8. The molecule has 104 valence electrons. The second-order valence-corrected chi connectivity index (χ2v) is 6.64. The summed E-state index contributed by atoms with van der Waals surface area (Å²) in [5.41, 5.74) is 2.44. The molecule has 1 fully saturated rings. The fourth-order valence-electron chi connectivity index (χ4n) is 2.72. The van der Waals surface area contributed by atoms with Crippen LogP contribution in [0.3, 0.4) is 0 Å². The van der Waals surface area contributed by atoms with Gasteiger partial charge in [0.25, 0.3) is 0 Å². The first kappa shape index (κ1) is 14.1. The first-order valence-electron chi connectivity index (χ1n) is 6.50. The van der Waals surface area contributed by atoms with E-state index in [2.05, 4.69) is 39.4 Å². The highest BCUT2D eigenvalue weighted by Crippen LogP contribution is 2.34. The predicted molar refractivity (Wildman–Crippen MR) is 83.8 cm³/mol. The Morgan fingerprint density at radius 1 is 1.20 bits per heavy atom. The maximum Gasteiger partial charge on any atom is 0.141 e. The summed E-state index contributed by atoms with van der Waals surface area (Å²) in [6, 6.07) is 13.4. The van der Waals surface area contributed by atoms with Gasteiger partial charge < -0.3 is 5.32 Å². The molecule has 4 heteroatoms. The van der Waals surface area contributed by atoms with Crippen LogP contribution >= 0.6 is 27.5 Å². The minimum absolute atomic E-state index is 0.0743. The summed E-state index contributed by atoms with van der Waals surface area (Å²) < 4.78 is 14.3. The minimum atomic E-state index is -0.362. The van der Waals surface area contributed by atoms with E-state index < -0.39 is 0 Å². The maximum absolute atomic E-state index is 13.3. The molecule has 1 nitrogen and oxygen atoms in total. The molecule has 1 saturated heterocycles. The van der Waals surface area contributed by atoms with Gasteiger partial charge in [-0.2, -0.15) is 0 Å². The number of nitrogens with one attached hydrogen (secondary N) is 1. The van der Waals surface area contributed by atoms with Gasteiger partial charge in [0.05, 0.1) is 5.02 Å². The van der Waals surface area contributed by atoms with Gasteiger partial charge in [0.1, 0.15) is 5.82 Å². The second-order valence-electron chi connectivity index (χ2n) is 5.32. The number of benzene rings is 2. The quantitative estimate of drug-likeness (QED) is 0.865. The van der Waals surface area contributed by atoms with Gasteiger partial charge in [-0.1, -0.05) is 45.7 Å². The molecule has 20 heavy (non-hydrogen) atoms. The van der Waals surface area contributed by atoms with Crippen molar-refractivity contribution in [1.82, 2.24) is 5.32 Å². The summed E-state index contributed by atoms with van der Waals surface area (Å²) >= 11 is 9.40. The zero-order chi connectivity index (χ0) is 14.2. The smallest absolute Gasteiger partial charge is 0.141 e. The Balaban J connectivity index is 1.91. The molecule has 3 rings (SSSR count). The predicted octanol–water partition coefficient (Wildman–Crippen LogP) is 4.33. The molecule has 0 radical (unpaired) electrons. The van der Waals surface area contributed by atoms with Crippen molar-refractivity contribution in [2.24, 2.45) is 0 Å². The summed E-state index contributed by atoms with van der Waals surface area (Å²) in [5.74, 6) is -0.362. The van der Waals surface area contributed by atoms with E-state index in [1.165, 1.54) is 11.6 Å². The van der Waals surface area contributed by atoms with E-state index in [4.69, 9.17) is 11.6 Å². The highest BCUT2D eigenvalue weighted by molar-refractivity contribution is 9.10. The monoisotopic (exact) mass is 353 g/mol. The van der Waals surface area contributed by atoms with E-state index in [0.29, 0.717) is 0 Å². The van der Waals surface area contributed by atoms with E-state index in [9.17, 15) is 4.39 Å². The molecule has 1 N–H and O–H groups in total. The van der Waals surface area contributed by atoms with Crippen LogP contribution in [0, 0.1) is 5.82 Å². The van der Waals surface area contributed by atoms with Crippen LogP contribution in [0.1, 0.15) is 11.1 Å². The van der Waals surface area contributed by atoms with E-state index in [1.807, 2.05) is 12.1 Å². The highest BCUT2D eigenvalue weighted by atomic mass is 79.9. The first-order valence-corrected chi connectivity index (χ1v) is 7.67. The lowest BCUT2D eigenvalue weighted by molar-refractivity contribution is 0.274. The molecule has 1 aliphatic rings. The molecular weight excluding hydrogens is 341 g/mol. The van der Waals surface area contributed by atoms with Gasteiger partial charge in [0.2, 0.25) is 0 Å². The van der Waals surface area contributed by atoms with Crippen LogP contribution in [0.5, 0.6) is 0 Å². The van der Waals surface area contributed by atoms with Gasteiger partial charge in [0, 0.05) is 23.0 Å². The fourth-order valence-corrected chi connectivity index (χ4v) is 3.32. The lowest BCUT2D eigenvalue weighted by Crippen LogP contribution is -2.58. The Kier molecular flexibility index (Phi) is 3.85. The molecule has 1 heterocycles. The van der Waals surface area contributed by atoms with Gasteiger partial charge in [-0.3, -0.25) is 0 Å². The van der Waals surface area contributed by atoms with Gasteiger partial charge in [-0.05, 0) is 41.8 Å². The van der Waals surface area contributed by atoms with Crippen LogP contribution < -0.4 is 5.32 Å². The highest BCUT2D eigenvalue weighted by Gasteiger charge is 2.38. The lowest BCUT2D eigenvalue weighted by Gasteiger charge is -2.43. The summed E-state index contributed by atoms with van der Waals surface area (Å²) in [6.07, 6.45) is 0.858. The average molecular weight is 355 g/mol. The van der Waals surface area contributed by atoms with E-state index in [-0.39, 0.29) is 16.3 Å². The van der Waals surface area contributed by atoms with Crippen molar-refractivity contribution in [2.45, 2.75) is 11.8 Å². The number of hydrogen-bond acceptors (Lipinski definition) is 1. The van der Waals surface area contributed by atoms with Crippen LogP contribution in [0.15, 0.2) is 46.9 Å². The van der Waals surface area contributed by atoms with Crippen LogP contribution in [0.2, 0.25) is 5.02 Å². The van der Waals surface area contributed by atoms with Crippen LogP contribution in [-0.2, 0) is 11.8 Å². The second kappa shape index (κ2) is 5.47. The average Bonchev–Trinajstić information content (AvgIpc) is 2.38. The first-order chi connectivity index (χ1) is 9.59. The van der Waals surface area contributed by atoms with E-state index in [0.717, 1.165) is 29.5 Å². The Hall–Kier alpha value is -0.900. The zero-order valence-electron chi connectivity index (χ0n) is 10.8. The summed E-state index contributed by atoms with van der Waals surface area (Å²) in [7, 11) is 0. The van der Waals surface area contributed by atoms with Crippen molar-refractivity contribution in [3.63, 3.8) is 0 Å². The van der Waals surface area contributed by atoms with Crippen LogP contribution in [0.25, 0.3) is 0 Å². The molecule has 1 aliphatic heterocycles. The Morgan fingerprint density at radius 3 is 2.60 bits per heavy atom. The fraction of sp³-hybridized carbons (Fsp3) is 0.250. The molecule has 2 aromatic carbocycles. The van der Waals surface area contributed by atoms with Crippen molar-refractivity contribution < 1.29 is 4.39 Å². The third kappa shape index (κ3) is 2.62. The maximum atomic E-state index is 13.3. The molecule has 0 atom stereocenters. The molecule has 0 unspecified atom stereocenters. The summed E-state index contributed by atoms with van der Waals surface area (Å²) in [6.45, 7) is 1.86. The molecule has 0 spiro atoms. The van der Waals surface area contributed by atoms with Crippen LogP contribution in [-0.4, -0.2) is 13.1 Å². The van der Waals surface area contributed by atoms with Gasteiger partial charge >= 0.3 is 0 Å². The minimum Gasteiger partial charge on any atom is -0.315 e. The van der Waals surface area contributed by atoms with Crippen molar-refractivity contribution >= 4 is 27.5 Å². The van der Waals surface area contributed by atoms with Crippen molar-refractivity contribution in [2.75, 3.05) is 13.1 Å². The van der Waals surface area contributed by atoms with Gasteiger partial charge in [0.15, 0.2) is 0 Å². The third-order valence-corrected chi connectivity index (χ3v) is 4.67. The Bertz CT molecular complexity index is 640. The van der Waals surface area contributed by atoms with E-state index in [1.54, 1.807) is 6.07 Å². The standard InChI is InChI=1S/C16H14BrClFN/c17-13-3-1-2-12(7-13)16(9-20-10-16)8-11-4-5-15(19)14(18)6-11/h1-7,20H,8-10H2. The topological polar surface area (TPSA) is 12.0 Å². The van der Waals surface area contributed by atoms with Gasteiger partial charge in [-0.15, -0.1) is 0 Å². The van der Waals surface area contributed by atoms with Crippen LogP contribution in [0.4, 0.5) is 4.39 Å².